The fourth-order valence-corrected chi connectivity index (χ4v) is 1.96. The lowest BCUT2D eigenvalue weighted by molar-refractivity contribution is -0.0328. The molecule has 108 valence electrons. The molecule has 0 unspecified atom stereocenters. The molecule has 0 amide bonds. The molecule has 0 aliphatic carbocycles. The zero-order valence-corrected chi connectivity index (χ0v) is 12.1. The Labute approximate surface area is 116 Å². The Morgan fingerprint density at radius 1 is 1.00 bits per heavy atom. The Morgan fingerprint density at radius 3 is 2.05 bits per heavy atom. The summed E-state index contributed by atoms with van der Waals surface area (Å²) in [6.07, 6.45) is 0. The van der Waals surface area contributed by atoms with E-state index >= 15 is 0 Å². The maximum atomic E-state index is 12.1. The first-order chi connectivity index (χ1) is 8.66. The van der Waals surface area contributed by atoms with E-state index < -0.39 is 5.51 Å². The monoisotopic (exact) mass is 292 g/mol. The van der Waals surface area contributed by atoms with Crippen molar-refractivity contribution < 1.29 is 13.2 Å². The second-order valence-electron chi connectivity index (χ2n) is 5.18. The SMILES string of the molecule is CC(C)(C)NCCNc1ccc(SC(F)(F)F)cc1. The fraction of sp³-hybridized carbons (Fsp3) is 0.538. The van der Waals surface area contributed by atoms with E-state index in [0.29, 0.717) is 0 Å². The first kappa shape index (κ1) is 16.2. The van der Waals surface area contributed by atoms with Crippen LogP contribution in [0.2, 0.25) is 0 Å². The van der Waals surface area contributed by atoms with Crippen molar-refractivity contribution in [3.63, 3.8) is 0 Å². The van der Waals surface area contributed by atoms with Crippen molar-refractivity contribution >= 4 is 17.4 Å². The van der Waals surface area contributed by atoms with E-state index in [1.165, 1.54) is 12.1 Å². The molecule has 19 heavy (non-hydrogen) atoms. The third kappa shape index (κ3) is 8.00. The number of hydrogen-bond acceptors (Lipinski definition) is 3. The minimum Gasteiger partial charge on any atom is -0.384 e. The highest BCUT2D eigenvalue weighted by molar-refractivity contribution is 8.00. The third-order valence-electron chi connectivity index (χ3n) is 2.20. The zero-order valence-electron chi connectivity index (χ0n) is 11.3. The molecule has 2 nitrogen and oxygen atoms in total. The Bertz CT molecular complexity index is 382. The highest BCUT2D eigenvalue weighted by Gasteiger charge is 2.28. The third-order valence-corrected chi connectivity index (χ3v) is 2.94. The lowest BCUT2D eigenvalue weighted by Gasteiger charge is -2.20. The molecule has 2 N–H and O–H groups in total. The molecule has 0 bridgehead atoms. The second-order valence-corrected chi connectivity index (χ2v) is 6.31. The van der Waals surface area contributed by atoms with Crippen LogP contribution in [-0.4, -0.2) is 24.1 Å². The van der Waals surface area contributed by atoms with Crippen LogP contribution in [0.3, 0.4) is 0 Å². The van der Waals surface area contributed by atoms with Crippen LogP contribution in [0, 0.1) is 0 Å². The maximum absolute atomic E-state index is 12.1. The quantitative estimate of drug-likeness (QED) is 0.631. The van der Waals surface area contributed by atoms with E-state index in [9.17, 15) is 13.2 Å². The highest BCUT2D eigenvalue weighted by Crippen LogP contribution is 2.36. The van der Waals surface area contributed by atoms with Crippen molar-refractivity contribution in [2.45, 2.75) is 36.7 Å². The topological polar surface area (TPSA) is 24.1 Å². The Kier molecular flexibility index (Phi) is 5.55. The summed E-state index contributed by atoms with van der Waals surface area (Å²) in [5.41, 5.74) is -3.34. The van der Waals surface area contributed by atoms with Crippen LogP contribution >= 0.6 is 11.8 Å². The van der Waals surface area contributed by atoms with Crippen LogP contribution in [0.5, 0.6) is 0 Å². The number of anilines is 1. The molecule has 0 fully saturated rings. The molecule has 0 aliphatic heterocycles. The van der Waals surface area contributed by atoms with Crippen molar-refractivity contribution in [2.75, 3.05) is 18.4 Å². The van der Waals surface area contributed by atoms with Crippen LogP contribution in [-0.2, 0) is 0 Å². The van der Waals surface area contributed by atoms with Crippen molar-refractivity contribution in [3.8, 4) is 0 Å². The molecular weight excluding hydrogens is 273 g/mol. The molecule has 1 aromatic carbocycles. The van der Waals surface area contributed by atoms with Gasteiger partial charge in [0.15, 0.2) is 0 Å². The molecular formula is C13H19F3N2S. The fourth-order valence-electron chi connectivity index (χ4n) is 1.42. The van der Waals surface area contributed by atoms with Gasteiger partial charge in [0.05, 0.1) is 0 Å². The molecule has 0 spiro atoms. The van der Waals surface area contributed by atoms with Crippen LogP contribution in [0.1, 0.15) is 20.8 Å². The predicted molar refractivity (Wildman–Crippen MR) is 74.6 cm³/mol. The molecule has 1 rings (SSSR count). The van der Waals surface area contributed by atoms with Crippen LogP contribution in [0.25, 0.3) is 0 Å². The van der Waals surface area contributed by atoms with Gasteiger partial charge in [-0.1, -0.05) is 0 Å². The first-order valence-electron chi connectivity index (χ1n) is 6.00. The number of halogens is 3. The minimum absolute atomic E-state index is 0.0644. The van der Waals surface area contributed by atoms with Crippen LogP contribution in [0.4, 0.5) is 18.9 Å². The molecule has 0 aliphatic rings. The van der Waals surface area contributed by atoms with Gasteiger partial charge >= 0.3 is 5.51 Å². The van der Waals surface area contributed by atoms with Gasteiger partial charge in [-0.3, -0.25) is 0 Å². The maximum Gasteiger partial charge on any atom is 0.446 e. The van der Waals surface area contributed by atoms with Gasteiger partial charge < -0.3 is 10.6 Å². The van der Waals surface area contributed by atoms with E-state index in [4.69, 9.17) is 0 Å². The van der Waals surface area contributed by atoms with Gasteiger partial charge in [0, 0.05) is 29.2 Å². The standard InChI is InChI=1S/C13H19F3N2S/c1-12(2,3)18-9-8-17-10-4-6-11(7-5-10)19-13(14,15)16/h4-7,17-18H,8-9H2,1-3H3. The molecule has 0 atom stereocenters. The van der Waals surface area contributed by atoms with E-state index in [1.54, 1.807) is 12.1 Å². The van der Waals surface area contributed by atoms with Gasteiger partial charge in [0.25, 0.3) is 0 Å². The number of nitrogens with one attached hydrogen (secondary N) is 2. The van der Waals surface area contributed by atoms with Crippen LogP contribution < -0.4 is 10.6 Å². The molecule has 6 heteroatoms. The highest BCUT2D eigenvalue weighted by atomic mass is 32.2. The first-order valence-corrected chi connectivity index (χ1v) is 6.82. The zero-order chi connectivity index (χ0) is 14.5. The van der Waals surface area contributed by atoms with E-state index in [0.717, 1.165) is 18.8 Å². The largest absolute Gasteiger partial charge is 0.446 e. The molecule has 0 saturated heterocycles. The lowest BCUT2D eigenvalue weighted by atomic mass is 10.1. The summed E-state index contributed by atoms with van der Waals surface area (Å²) in [6, 6.07) is 6.26. The summed E-state index contributed by atoms with van der Waals surface area (Å²) >= 11 is -0.0990. The number of rotatable bonds is 5. The number of hydrogen-bond donors (Lipinski definition) is 2. The van der Waals surface area contributed by atoms with Gasteiger partial charge in [0.2, 0.25) is 0 Å². The Hall–Kier alpha value is -0.880. The molecule has 0 saturated carbocycles. The van der Waals surface area contributed by atoms with Gasteiger partial charge in [-0.2, -0.15) is 13.2 Å². The summed E-state index contributed by atoms with van der Waals surface area (Å²) < 4.78 is 36.4. The van der Waals surface area contributed by atoms with E-state index in [-0.39, 0.29) is 22.2 Å². The molecule has 0 heterocycles. The van der Waals surface area contributed by atoms with E-state index in [2.05, 4.69) is 31.4 Å². The summed E-state index contributed by atoms with van der Waals surface area (Å²) in [5.74, 6) is 0. The summed E-state index contributed by atoms with van der Waals surface area (Å²) in [7, 11) is 0. The number of thioether (sulfide) groups is 1. The molecule has 1 aromatic rings. The van der Waals surface area contributed by atoms with E-state index in [1.807, 2.05) is 0 Å². The minimum atomic E-state index is -4.23. The summed E-state index contributed by atoms with van der Waals surface area (Å²) in [4.78, 5) is 0.200. The summed E-state index contributed by atoms with van der Waals surface area (Å²) in [6.45, 7) is 7.76. The van der Waals surface area contributed by atoms with Gasteiger partial charge in [-0.05, 0) is 56.8 Å². The predicted octanol–water partition coefficient (Wildman–Crippen LogP) is 4.10. The Morgan fingerprint density at radius 2 is 1.58 bits per heavy atom. The number of alkyl halides is 3. The Balaban J connectivity index is 2.36. The average Bonchev–Trinajstić information content (AvgIpc) is 2.23. The lowest BCUT2D eigenvalue weighted by Crippen LogP contribution is -2.38. The molecule has 0 radical (unpaired) electrons. The molecule has 0 aromatic heterocycles. The summed E-state index contributed by atoms with van der Waals surface area (Å²) in [5, 5.41) is 6.47. The van der Waals surface area contributed by atoms with Crippen molar-refractivity contribution in [3.05, 3.63) is 24.3 Å². The van der Waals surface area contributed by atoms with Crippen molar-refractivity contribution in [2.24, 2.45) is 0 Å². The smallest absolute Gasteiger partial charge is 0.384 e. The normalized spacial score (nSPS) is 12.5. The van der Waals surface area contributed by atoms with Crippen LogP contribution in [0.15, 0.2) is 29.2 Å². The second kappa shape index (κ2) is 6.52. The average molecular weight is 292 g/mol. The van der Waals surface area contributed by atoms with Gasteiger partial charge in [-0.15, -0.1) is 0 Å². The number of benzene rings is 1. The van der Waals surface area contributed by atoms with Crippen molar-refractivity contribution in [1.82, 2.24) is 5.32 Å². The van der Waals surface area contributed by atoms with Crippen molar-refractivity contribution in [1.29, 1.82) is 0 Å². The van der Waals surface area contributed by atoms with Gasteiger partial charge in [0.1, 0.15) is 0 Å². The van der Waals surface area contributed by atoms with Gasteiger partial charge in [-0.25, -0.2) is 0 Å².